The molecular formula is C20H24N3O3+. The summed E-state index contributed by atoms with van der Waals surface area (Å²) in [6.07, 6.45) is -0.826. The Bertz CT molecular complexity index is 804. The first-order valence-corrected chi connectivity index (χ1v) is 8.72. The number of anilines is 1. The molecule has 0 saturated carbocycles. The van der Waals surface area contributed by atoms with Gasteiger partial charge < -0.3 is 20.3 Å². The highest BCUT2D eigenvalue weighted by molar-refractivity contribution is 5.99. The highest BCUT2D eigenvalue weighted by Gasteiger charge is 2.29. The van der Waals surface area contributed by atoms with E-state index in [4.69, 9.17) is 4.74 Å². The Labute approximate surface area is 153 Å². The van der Waals surface area contributed by atoms with E-state index in [2.05, 4.69) is 30.8 Å². The van der Waals surface area contributed by atoms with Crippen LogP contribution in [0.25, 0.3) is 0 Å². The number of carbonyl (C=O) groups is 2. The van der Waals surface area contributed by atoms with Gasteiger partial charge in [0.25, 0.3) is 5.91 Å². The molecule has 0 spiro atoms. The molecule has 2 aromatic rings. The molecule has 0 aromatic heterocycles. The molecule has 0 aliphatic carbocycles. The summed E-state index contributed by atoms with van der Waals surface area (Å²) in [6, 6.07) is 15.2. The summed E-state index contributed by atoms with van der Waals surface area (Å²) >= 11 is 0. The van der Waals surface area contributed by atoms with Crippen LogP contribution in [0, 0.1) is 0 Å². The Morgan fingerprint density at radius 3 is 2.58 bits per heavy atom. The number of hydrogen-bond donors (Lipinski definition) is 3. The van der Waals surface area contributed by atoms with Gasteiger partial charge in [0.15, 0.2) is 6.10 Å². The fourth-order valence-corrected chi connectivity index (χ4v) is 2.94. The number of benzene rings is 2. The molecule has 1 aliphatic rings. The Morgan fingerprint density at radius 1 is 1.12 bits per heavy atom. The molecule has 0 radical (unpaired) electrons. The van der Waals surface area contributed by atoms with Crippen molar-refractivity contribution in [3.8, 4) is 5.75 Å². The smallest absolute Gasteiger partial charge is 0.266 e. The molecule has 0 fully saturated rings. The van der Waals surface area contributed by atoms with Crippen LogP contribution in [0.2, 0.25) is 0 Å². The van der Waals surface area contributed by atoms with E-state index in [1.807, 2.05) is 30.3 Å². The number of quaternary nitrogens is 1. The molecule has 1 aliphatic heterocycles. The van der Waals surface area contributed by atoms with Crippen molar-refractivity contribution in [3.05, 3.63) is 59.7 Å². The van der Waals surface area contributed by atoms with Gasteiger partial charge in [-0.25, -0.2) is 0 Å². The van der Waals surface area contributed by atoms with E-state index in [9.17, 15) is 9.59 Å². The van der Waals surface area contributed by atoms with Gasteiger partial charge in [0.2, 0.25) is 5.91 Å². The van der Waals surface area contributed by atoms with Gasteiger partial charge in [-0.3, -0.25) is 9.59 Å². The van der Waals surface area contributed by atoms with E-state index >= 15 is 0 Å². The highest BCUT2D eigenvalue weighted by Crippen LogP contribution is 2.29. The molecule has 0 saturated heterocycles. The fourth-order valence-electron chi connectivity index (χ4n) is 2.94. The third-order valence-electron chi connectivity index (χ3n) is 4.22. The first-order chi connectivity index (χ1) is 12.5. The summed E-state index contributed by atoms with van der Waals surface area (Å²) in [6.45, 7) is 1.32. The summed E-state index contributed by atoms with van der Waals surface area (Å²) in [7, 11) is 4.18. The van der Waals surface area contributed by atoms with Crippen molar-refractivity contribution < 1.29 is 19.2 Å². The lowest BCUT2D eigenvalue weighted by Crippen LogP contribution is -3.04. The predicted octanol–water partition coefficient (Wildman–Crippen LogP) is 0.737. The zero-order valence-electron chi connectivity index (χ0n) is 15.0. The van der Waals surface area contributed by atoms with Gasteiger partial charge in [-0.05, 0) is 17.7 Å². The van der Waals surface area contributed by atoms with E-state index in [1.54, 1.807) is 12.1 Å². The number of nitrogens with one attached hydrogen (secondary N) is 3. The summed E-state index contributed by atoms with van der Waals surface area (Å²) in [5.74, 6) is 0.0798. The molecule has 1 heterocycles. The molecule has 26 heavy (non-hydrogen) atoms. The first kappa shape index (κ1) is 17.9. The van der Waals surface area contributed by atoms with Gasteiger partial charge in [0.1, 0.15) is 12.3 Å². The normalized spacial score (nSPS) is 15.8. The molecule has 136 valence electrons. The molecule has 6 heteroatoms. The van der Waals surface area contributed by atoms with Crippen LogP contribution in [-0.2, 0) is 22.7 Å². The standard InChI is InChI=1S/C20H23N3O3/c1-23(2)13-15-8-4-3-7-14(15)12-21-19(24)11-18-20(25)22-16-9-5-6-10-17(16)26-18/h3-10,18H,11-13H2,1-2H3,(H,21,24)(H,22,25)/p+1/t18-/m1/s1. The maximum absolute atomic E-state index is 12.3. The van der Waals surface area contributed by atoms with Crippen molar-refractivity contribution in [2.24, 2.45) is 0 Å². The lowest BCUT2D eigenvalue weighted by atomic mass is 10.1. The van der Waals surface area contributed by atoms with Gasteiger partial charge in [0, 0.05) is 12.1 Å². The van der Waals surface area contributed by atoms with Crippen molar-refractivity contribution in [2.75, 3.05) is 19.4 Å². The average molecular weight is 354 g/mol. The van der Waals surface area contributed by atoms with E-state index < -0.39 is 6.10 Å². The predicted molar refractivity (Wildman–Crippen MR) is 98.9 cm³/mol. The lowest BCUT2D eigenvalue weighted by Gasteiger charge is -2.25. The third-order valence-corrected chi connectivity index (χ3v) is 4.22. The first-order valence-electron chi connectivity index (χ1n) is 8.72. The number of hydrogen-bond acceptors (Lipinski definition) is 3. The SMILES string of the molecule is C[NH+](C)Cc1ccccc1CNC(=O)C[C@H]1Oc2ccccc2NC1=O. The maximum atomic E-state index is 12.3. The van der Waals surface area contributed by atoms with Gasteiger partial charge in [0.05, 0.1) is 26.2 Å². The quantitative estimate of drug-likeness (QED) is 0.716. The molecule has 2 aromatic carbocycles. The van der Waals surface area contributed by atoms with Gasteiger partial charge in [-0.2, -0.15) is 0 Å². The second kappa shape index (κ2) is 8.01. The third kappa shape index (κ3) is 4.40. The van der Waals surface area contributed by atoms with Crippen LogP contribution in [0.5, 0.6) is 5.75 Å². The second-order valence-corrected chi connectivity index (χ2v) is 6.73. The molecule has 1 atom stereocenters. The lowest BCUT2D eigenvalue weighted by molar-refractivity contribution is -0.872. The minimum absolute atomic E-state index is 0.0126. The van der Waals surface area contributed by atoms with Crippen molar-refractivity contribution in [1.82, 2.24) is 5.32 Å². The summed E-state index contributed by atoms with van der Waals surface area (Å²) in [5, 5.41) is 5.67. The van der Waals surface area contributed by atoms with Crippen LogP contribution in [0.1, 0.15) is 17.5 Å². The molecule has 3 N–H and O–H groups in total. The number of para-hydroxylation sites is 2. The molecule has 0 bridgehead atoms. The van der Waals surface area contributed by atoms with Crippen molar-refractivity contribution in [3.63, 3.8) is 0 Å². The number of amides is 2. The Hall–Kier alpha value is -2.86. The van der Waals surface area contributed by atoms with Crippen LogP contribution >= 0.6 is 0 Å². The Morgan fingerprint density at radius 2 is 1.81 bits per heavy atom. The van der Waals surface area contributed by atoms with E-state index in [0.29, 0.717) is 18.0 Å². The number of carbonyl (C=O) groups excluding carboxylic acids is 2. The molecular weight excluding hydrogens is 330 g/mol. The van der Waals surface area contributed by atoms with Gasteiger partial charge in [-0.15, -0.1) is 0 Å². The van der Waals surface area contributed by atoms with Crippen LogP contribution < -0.4 is 20.3 Å². The molecule has 3 rings (SSSR count). The Balaban J connectivity index is 1.58. The summed E-state index contributed by atoms with van der Waals surface area (Å²) < 4.78 is 5.67. The molecule has 0 unspecified atom stereocenters. The summed E-state index contributed by atoms with van der Waals surface area (Å²) in [4.78, 5) is 25.7. The second-order valence-electron chi connectivity index (χ2n) is 6.73. The minimum Gasteiger partial charge on any atom is -0.478 e. The average Bonchev–Trinajstić information content (AvgIpc) is 2.61. The maximum Gasteiger partial charge on any atom is 0.266 e. The van der Waals surface area contributed by atoms with Crippen LogP contribution in [0.3, 0.4) is 0 Å². The number of ether oxygens (including phenoxy) is 1. The molecule has 2 amide bonds. The zero-order chi connectivity index (χ0) is 18.5. The molecule has 6 nitrogen and oxygen atoms in total. The van der Waals surface area contributed by atoms with Crippen molar-refractivity contribution in [2.45, 2.75) is 25.6 Å². The summed E-state index contributed by atoms with van der Waals surface area (Å²) in [5.41, 5.74) is 2.92. The topological polar surface area (TPSA) is 71.9 Å². The number of fused-ring (bicyclic) bond motifs is 1. The fraction of sp³-hybridized carbons (Fsp3) is 0.300. The number of rotatable bonds is 6. The van der Waals surface area contributed by atoms with Crippen LogP contribution in [0.4, 0.5) is 5.69 Å². The van der Waals surface area contributed by atoms with Gasteiger partial charge in [-0.1, -0.05) is 36.4 Å². The van der Waals surface area contributed by atoms with Crippen LogP contribution in [0.15, 0.2) is 48.5 Å². The van der Waals surface area contributed by atoms with E-state index in [0.717, 1.165) is 12.1 Å². The van der Waals surface area contributed by atoms with Crippen molar-refractivity contribution in [1.29, 1.82) is 0 Å². The monoisotopic (exact) mass is 354 g/mol. The van der Waals surface area contributed by atoms with E-state index in [1.165, 1.54) is 10.5 Å². The largest absolute Gasteiger partial charge is 0.478 e. The van der Waals surface area contributed by atoms with Crippen molar-refractivity contribution >= 4 is 17.5 Å². The minimum atomic E-state index is -0.814. The Kier molecular flexibility index (Phi) is 5.53. The van der Waals surface area contributed by atoms with E-state index in [-0.39, 0.29) is 18.2 Å². The van der Waals surface area contributed by atoms with Gasteiger partial charge >= 0.3 is 0 Å². The highest BCUT2D eigenvalue weighted by atomic mass is 16.5. The zero-order valence-corrected chi connectivity index (χ0v) is 15.0. The van der Waals surface area contributed by atoms with Crippen LogP contribution in [-0.4, -0.2) is 32.0 Å².